The third kappa shape index (κ3) is 3.96. The first-order valence-corrected chi connectivity index (χ1v) is 8.73. The third-order valence-electron chi connectivity index (χ3n) is 4.56. The fraction of sp³-hybridized carbons (Fsp3) is 0.238. The van der Waals surface area contributed by atoms with Crippen molar-refractivity contribution in [3.63, 3.8) is 0 Å². The number of anilines is 1. The number of phenols is 1. The lowest BCUT2D eigenvalue weighted by atomic mass is 10.0. The van der Waals surface area contributed by atoms with Gasteiger partial charge in [0.05, 0.1) is 33.3 Å². The van der Waals surface area contributed by atoms with E-state index in [0.29, 0.717) is 33.9 Å². The minimum absolute atomic E-state index is 0.00653. The van der Waals surface area contributed by atoms with Gasteiger partial charge in [-0.05, 0) is 24.6 Å². The van der Waals surface area contributed by atoms with Gasteiger partial charge in [-0.1, -0.05) is 0 Å². The van der Waals surface area contributed by atoms with Gasteiger partial charge in [-0.15, -0.1) is 0 Å². The molecule has 152 valence electrons. The number of carbonyl (C=O) groups is 1. The van der Waals surface area contributed by atoms with Crippen LogP contribution in [0.2, 0.25) is 0 Å². The largest absolute Gasteiger partial charge is 0.508 e. The zero-order valence-corrected chi connectivity index (χ0v) is 16.5. The molecule has 0 aliphatic heterocycles. The minimum atomic E-state index is -0.624. The van der Waals surface area contributed by atoms with Gasteiger partial charge in [-0.25, -0.2) is 4.79 Å². The zero-order chi connectivity index (χ0) is 21.1. The lowest BCUT2D eigenvalue weighted by molar-refractivity contribution is -0.115. The van der Waals surface area contributed by atoms with E-state index in [2.05, 4.69) is 5.32 Å². The fourth-order valence-electron chi connectivity index (χ4n) is 3.11. The number of methoxy groups -OCH3 is 3. The van der Waals surface area contributed by atoms with Crippen molar-refractivity contribution in [2.45, 2.75) is 13.3 Å². The molecule has 1 amide bonds. The van der Waals surface area contributed by atoms with Crippen LogP contribution in [0.4, 0.5) is 5.69 Å². The maximum atomic E-state index is 12.6. The van der Waals surface area contributed by atoms with Gasteiger partial charge in [-0.3, -0.25) is 4.79 Å². The third-order valence-corrected chi connectivity index (χ3v) is 4.56. The van der Waals surface area contributed by atoms with Gasteiger partial charge < -0.3 is 29.1 Å². The van der Waals surface area contributed by atoms with Crippen molar-refractivity contribution >= 4 is 22.6 Å². The number of aryl methyl sites for hydroxylation is 1. The van der Waals surface area contributed by atoms with Gasteiger partial charge >= 0.3 is 5.63 Å². The normalized spacial score (nSPS) is 10.6. The minimum Gasteiger partial charge on any atom is -0.508 e. The molecule has 0 spiro atoms. The van der Waals surface area contributed by atoms with Crippen LogP contribution in [0.25, 0.3) is 11.0 Å². The van der Waals surface area contributed by atoms with Crippen molar-refractivity contribution in [1.29, 1.82) is 0 Å². The highest BCUT2D eigenvalue weighted by Crippen LogP contribution is 2.40. The Morgan fingerprint density at radius 2 is 1.72 bits per heavy atom. The molecule has 0 unspecified atom stereocenters. The highest BCUT2D eigenvalue weighted by Gasteiger charge is 2.18. The van der Waals surface area contributed by atoms with Crippen LogP contribution >= 0.6 is 0 Å². The van der Waals surface area contributed by atoms with Crippen LogP contribution in [0.5, 0.6) is 23.0 Å². The number of hydrogen-bond donors (Lipinski definition) is 2. The van der Waals surface area contributed by atoms with Crippen molar-refractivity contribution in [2.24, 2.45) is 0 Å². The van der Waals surface area contributed by atoms with E-state index in [0.717, 1.165) is 0 Å². The van der Waals surface area contributed by atoms with E-state index in [1.807, 2.05) is 0 Å². The summed E-state index contributed by atoms with van der Waals surface area (Å²) in [5.41, 5.74) is 0.934. The van der Waals surface area contributed by atoms with Gasteiger partial charge in [0.15, 0.2) is 11.5 Å². The number of phenolic OH excluding ortho intramolecular Hbond substituents is 1. The quantitative estimate of drug-likeness (QED) is 0.614. The van der Waals surface area contributed by atoms with Crippen LogP contribution in [0.15, 0.2) is 39.5 Å². The van der Waals surface area contributed by atoms with Crippen LogP contribution < -0.4 is 25.2 Å². The van der Waals surface area contributed by atoms with E-state index >= 15 is 0 Å². The van der Waals surface area contributed by atoms with Gasteiger partial charge in [-0.2, -0.15) is 0 Å². The molecule has 29 heavy (non-hydrogen) atoms. The Bertz CT molecular complexity index is 1110. The number of hydrogen-bond acceptors (Lipinski definition) is 7. The molecule has 0 bridgehead atoms. The first kappa shape index (κ1) is 20.1. The van der Waals surface area contributed by atoms with Gasteiger partial charge in [0, 0.05) is 29.3 Å². The molecule has 1 heterocycles. The summed E-state index contributed by atoms with van der Waals surface area (Å²) in [6, 6.07) is 7.69. The van der Waals surface area contributed by atoms with E-state index in [4.69, 9.17) is 18.6 Å². The number of benzene rings is 2. The standard InChI is InChI=1S/C21H21NO7/c1-11-14-6-5-13(23)9-16(14)29-21(25)15(11)10-19(24)22-12-7-17(26-2)20(28-4)18(8-12)27-3/h5-9,23H,10H2,1-4H3,(H,22,24). The second-order valence-electron chi connectivity index (χ2n) is 6.31. The predicted molar refractivity (Wildman–Crippen MR) is 107 cm³/mol. The lowest BCUT2D eigenvalue weighted by Crippen LogP contribution is -2.20. The molecule has 1 aromatic heterocycles. The Morgan fingerprint density at radius 3 is 2.31 bits per heavy atom. The second kappa shape index (κ2) is 8.14. The summed E-state index contributed by atoms with van der Waals surface area (Å²) in [5, 5.41) is 12.9. The Kier molecular flexibility index (Phi) is 5.63. The Morgan fingerprint density at radius 1 is 1.07 bits per heavy atom. The number of nitrogens with one attached hydrogen (secondary N) is 1. The number of ether oxygens (including phenoxy) is 3. The number of aromatic hydroxyl groups is 1. The molecule has 0 atom stereocenters. The monoisotopic (exact) mass is 399 g/mol. The average Bonchev–Trinajstić information content (AvgIpc) is 2.69. The van der Waals surface area contributed by atoms with Crippen molar-refractivity contribution in [2.75, 3.05) is 26.6 Å². The van der Waals surface area contributed by atoms with E-state index in [1.54, 1.807) is 25.1 Å². The average molecular weight is 399 g/mol. The molecule has 3 rings (SSSR count). The number of carbonyl (C=O) groups excluding carboxylic acids is 1. The second-order valence-corrected chi connectivity index (χ2v) is 6.31. The highest BCUT2D eigenvalue weighted by molar-refractivity contribution is 5.94. The van der Waals surface area contributed by atoms with E-state index < -0.39 is 11.5 Å². The van der Waals surface area contributed by atoms with Gasteiger partial charge in [0.2, 0.25) is 11.7 Å². The fourth-order valence-corrected chi connectivity index (χ4v) is 3.11. The summed E-state index contributed by atoms with van der Waals surface area (Å²) in [7, 11) is 4.44. The summed E-state index contributed by atoms with van der Waals surface area (Å²) in [6.07, 6.45) is -0.179. The van der Waals surface area contributed by atoms with Crippen molar-refractivity contribution in [3.8, 4) is 23.0 Å². The highest BCUT2D eigenvalue weighted by atomic mass is 16.5. The SMILES string of the molecule is COc1cc(NC(=O)Cc2c(C)c3ccc(O)cc3oc2=O)cc(OC)c1OC. The topological polar surface area (TPSA) is 107 Å². The number of amides is 1. The Labute approximate surface area is 166 Å². The van der Waals surface area contributed by atoms with Gasteiger partial charge in [0.25, 0.3) is 0 Å². The summed E-state index contributed by atoms with van der Waals surface area (Å²) in [6.45, 7) is 1.73. The molecule has 0 aliphatic carbocycles. The van der Waals surface area contributed by atoms with Gasteiger partial charge in [0.1, 0.15) is 11.3 Å². The molecule has 0 aliphatic rings. The van der Waals surface area contributed by atoms with Crippen LogP contribution in [-0.2, 0) is 11.2 Å². The molecule has 0 saturated carbocycles. The van der Waals surface area contributed by atoms with E-state index in [9.17, 15) is 14.7 Å². The molecule has 8 nitrogen and oxygen atoms in total. The van der Waals surface area contributed by atoms with Crippen LogP contribution in [-0.4, -0.2) is 32.3 Å². The van der Waals surface area contributed by atoms with Crippen LogP contribution in [0, 0.1) is 6.92 Å². The first-order chi connectivity index (χ1) is 13.9. The van der Waals surface area contributed by atoms with Crippen LogP contribution in [0.3, 0.4) is 0 Å². The molecule has 0 radical (unpaired) electrons. The molecule has 8 heteroatoms. The molecular weight excluding hydrogens is 378 g/mol. The zero-order valence-electron chi connectivity index (χ0n) is 16.5. The molecule has 2 N–H and O–H groups in total. The van der Waals surface area contributed by atoms with E-state index in [1.165, 1.54) is 33.5 Å². The number of fused-ring (bicyclic) bond motifs is 1. The summed E-state index contributed by atoms with van der Waals surface area (Å²) in [5.74, 6) is 0.773. The molecule has 0 fully saturated rings. The Hall–Kier alpha value is -3.68. The first-order valence-electron chi connectivity index (χ1n) is 8.73. The number of rotatable bonds is 6. The van der Waals surface area contributed by atoms with Crippen LogP contribution in [0.1, 0.15) is 11.1 Å². The summed E-state index contributed by atoms with van der Waals surface area (Å²) in [4.78, 5) is 24.9. The van der Waals surface area contributed by atoms with E-state index in [-0.39, 0.29) is 23.3 Å². The van der Waals surface area contributed by atoms with Crippen molar-refractivity contribution in [1.82, 2.24) is 0 Å². The van der Waals surface area contributed by atoms with Crippen molar-refractivity contribution < 1.29 is 28.5 Å². The summed E-state index contributed by atoms with van der Waals surface area (Å²) >= 11 is 0. The predicted octanol–water partition coefficient (Wildman–Crippen LogP) is 3.01. The lowest BCUT2D eigenvalue weighted by Gasteiger charge is -2.15. The Balaban J connectivity index is 1.90. The van der Waals surface area contributed by atoms with Crippen molar-refractivity contribution in [3.05, 3.63) is 51.9 Å². The molecular formula is C21H21NO7. The maximum absolute atomic E-state index is 12.6. The molecule has 2 aromatic carbocycles. The summed E-state index contributed by atoms with van der Waals surface area (Å²) < 4.78 is 21.1. The smallest absolute Gasteiger partial charge is 0.340 e. The maximum Gasteiger partial charge on any atom is 0.340 e. The molecule has 0 saturated heterocycles. The molecule has 3 aromatic rings.